The second-order valence-electron chi connectivity index (χ2n) is 6.65. The van der Waals surface area contributed by atoms with Crippen LogP contribution in [0.4, 0.5) is 0 Å². The molecule has 0 radical (unpaired) electrons. The molecule has 1 amide bonds. The van der Waals surface area contributed by atoms with E-state index in [1.807, 2.05) is 18.7 Å². The highest BCUT2D eigenvalue weighted by Crippen LogP contribution is 2.14. The lowest BCUT2D eigenvalue weighted by Gasteiger charge is -2.36. The van der Waals surface area contributed by atoms with E-state index in [0.29, 0.717) is 26.2 Å². The zero-order valence-corrected chi connectivity index (χ0v) is 14.6. The van der Waals surface area contributed by atoms with Crippen LogP contribution >= 0.6 is 0 Å². The number of aliphatic hydroxyl groups is 1. The van der Waals surface area contributed by atoms with Crippen LogP contribution in [-0.4, -0.2) is 85.1 Å². The third-order valence-corrected chi connectivity index (χ3v) is 4.78. The summed E-state index contributed by atoms with van der Waals surface area (Å²) in [6.07, 6.45) is 3.57. The van der Waals surface area contributed by atoms with Crippen molar-refractivity contribution in [2.45, 2.75) is 57.8 Å². The van der Waals surface area contributed by atoms with E-state index in [9.17, 15) is 9.90 Å². The van der Waals surface area contributed by atoms with E-state index in [1.165, 1.54) is 6.42 Å². The average Bonchev–Trinajstić information content (AvgIpc) is 2.60. The first-order valence-electron chi connectivity index (χ1n) is 9.02. The van der Waals surface area contributed by atoms with Crippen molar-refractivity contribution in [2.75, 3.05) is 45.9 Å². The van der Waals surface area contributed by atoms with Crippen molar-refractivity contribution in [2.24, 2.45) is 0 Å². The third-order valence-electron chi connectivity index (χ3n) is 4.78. The molecule has 134 valence electrons. The lowest BCUT2D eigenvalue weighted by Crippen LogP contribution is -2.52. The Morgan fingerprint density at radius 2 is 2.04 bits per heavy atom. The van der Waals surface area contributed by atoms with Gasteiger partial charge in [0.2, 0.25) is 0 Å². The summed E-state index contributed by atoms with van der Waals surface area (Å²) in [6, 6.07) is 0. The minimum atomic E-state index is -0.409. The van der Waals surface area contributed by atoms with Crippen molar-refractivity contribution in [1.29, 1.82) is 0 Å². The van der Waals surface area contributed by atoms with Gasteiger partial charge in [-0.25, -0.2) is 0 Å². The monoisotopic (exact) mass is 328 g/mol. The van der Waals surface area contributed by atoms with Crippen molar-refractivity contribution in [3.8, 4) is 0 Å². The number of β-amino-alcohol motifs (C(OH)–C–C–N with tert-alkyl or cyclic N) is 1. The van der Waals surface area contributed by atoms with E-state index in [4.69, 9.17) is 9.47 Å². The molecule has 23 heavy (non-hydrogen) atoms. The summed E-state index contributed by atoms with van der Waals surface area (Å²) in [5.41, 5.74) is 0. The van der Waals surface area contributed by atoms with Gasteiger partial charge in [0.15, 0.2) is 0 Å². The average molecular weight is 328 g/mol. The van der Waals surface area contributed by atoms with E-state index in [0.717, 1.165) is 39.0 Å². The number of carbonyl (C=O) groups excluding carboxylic acids is 1. The minimum Gasteiger partial charge on any atom is -0.392 e. The third kappa shape index (κ3) is 6.03. The lowest BCUT2D eigenvalue weighted by molar-refractivity contribution is -0.148. The van der Waals surface area contributed by atoms with Crippen LogP contribution in [0.25, 0.3) is 0 Å². The van der Waals surface area contributed by atoms with Crippen molar-refractivity contribution in [1.82, 2.24) is 9.80 Å². The molecule has 0 aliphatic carbocycles. The largest absolute Gasteiger partial charge is 0.392 e. The Kier molecular flexibility index (Phi) is 7.76. The first-order chi connectivity index (χ1) is 11.1. The Morgan fingerprint density at radius 1 is 1.30 bits per heavy atom. The fourth-order valence-corrected chi connectivity index (χ4v) is 3.10. The van der Waals surface area contributed by atoms with Gasteiger partial charge in [-0.1, -0.05) is 6.92 Å². The van der Waals surface area contributed by atoms with Gasteiger partial charge in [0.25, 0.3) is 5.91 Å². The fourth-order valence-electron chi connectivity index (χ4n) is 3.10. The molecule has 2 saturated heterocycles. The molecule has 2 aliphatic rings. The van der Waals surface area contributed by atoms with Gasteiger partial charge in [-0.05, 0) is 32.6 Å². The molecule has 0 bridgehead atoms. The van der Waals surface area contributed by atoms with Crippen molar-refractivity contribution in [3.63, 3.8) is 0 Å². The van der Waals surface area contributed by atoms with Crippen LogP contribution in [0.1, 0.15) is 39.5 Å². The molecule has 6 heteroatoms. The molecule has 6 nitrogen and oxygen atoms in total. The molecule has 2 heterocycles. The van der Waals surface area contributed by atoms with Gasteiger partial charge in [-0.15, -0.1) is 0 Å². The van der Waals surface area contributed by atoms with E-state index >= 15 is 0 Å². The Balaban J connectivity index is 1.67. The second kappa shape index (κ2) is 9.57. The lowest BCUT2D eigenvalue weighted by atomic mass is 10.1. The summed E-state index contributed by atoms with van der Waals surface area (Å²) in [5.74, 6) is 0.0662. The number of aliphatic hydroxyl groups excluding tert-OH is 1. The summed E-state index contributed by atoms with van der Waals surface area (Å²) in [5, 5.41) is 9.71. The van der Waals surface area contributed by atoms with Crippen LogP contribution in [0.3, 0.4) is 0 Å². The van der Waals surface area contributed by atoms with Crippen LogP contribution in [0, 0.1) is 0 Å². The SMILES string of the molecule is CCC(O)CN1CCN(C(=O)C(C)OCC2CCCCO2)CC1. The maximum absolute atomic E-state index is 12.4. The summed E-state index contributed by atoms with van der Waals surface area (Å²) in [4.78, 5) is 16.5. The minimum absolute atomic E-state index is 0.0662. The van der Waals surface area contributed by atoms with Crippen LogP contribution in [-0.2, 0) is 14.3 Å². The molecule has 0 aromatic heterocycles. The quantitative estimate of drug-likeness (QED) is 0.751. The van der Waals surface area contributed by atoms with E-state index in [1.54, 1.807) is 0 Å². The number of nitrogens with zero attached hydrogens (tertiary/aromatic N) is 2. The number of piperazine rings is 1. The Hall–Kier alpha value is -0.690. The highest BCUT2D eigenvalue weighted by molar-refractivity contribution is 5.80. The van der Waals surface area contributed by atoms with E-state index in [2.05, 4.69) is 4.90 Å². The maximum atomic E-state index is 12.4. The maximum Gasteiger partial charge on any atom is 0.251 e. The summed E-state index contributed by atoms with van der Waals surface area (Å²) >= 11 is 0. The summed E-state index contributed by atoms with van der Waals surface area (Å²) in [6.45, 7) is 8.90. The highest BCUT2D eigenvalue weighted by Gasteiger charge is 2.26. The topological polar surface area (TPSA) is 62.2 Å². The molecule has 3 atom stereocenters. The van der Waals surface area contributed by atoms with E-state index < -0.39 is 6.10 Å². The van der Waals surface area contributed by atoms with Crippen LogP contribution in [0.5, 0.6) is 0 Å². The molecule has 2 aliphatic heterocycles. The van der Waals surface area contributed by atoms with Crippen LogP contribution in [0.2, 0.25) is 0 Å². The van der Waals surface area contributed by atoms with Gasteiger partial charge in [-0.3, -0.25) is 9.69 Å². The predicted molar refractivity (Wildman–Crippen MR) is 88.3 cm³/mol. The zero-order valence-electron chi connectivity index (χ0n) is 14.6. The molecule has 0 aromatic carbocycles. The van der Waals surface area contributed by atoms with Gasteiger partial charge in [-0.2, -0.15) is 0 Å². The highest BCUT2D eigenvalue weighted by atomic mass is 16.5. The van der Waals surface area contributed by atoms with E-state index in [-0.39, 0.29) is 18.1 Å². The Labute approximate surface area is 139 Å². The summed E-state index contributed by atoms with van der Waals surface area (Å²) in [7, 11) is 0. The molecule has 2 fully saturated rings. The Bertz CT molecular complexity index is 353. The number of rotatable bonds is 7. The van der Waals surface area contributed by atoms with Crippen molar-refractivity contribution >= 4 is 5.91 Å². The number of hydrogen-bond acceptors (Lipinski definition) is 5. The molecule has 0 saturated carbocycles. The molecular weight excluding hydrogens is 296 g/mol. The van der Waals surface area contributed by atoms with Gasteiger partial charge in [0.05, 0.1) is 18.8 Å². The number of hydrogen-bond donors (Lipinski definition) is 1. The standard InChI is InChI=1S/C17H32N2O4/c1-3-15(20)12-18-7-9-19(10-8-18)17(21)14(2)23-13-16-6-4-5-11-22-16/h14-16,20H,3-13H2,1-2H3. The normalized spacial score (nSPS) is 26.0. The van der Waals surface area contributed by atoms with Crippen molar-refractivity contribution in [3.05, 3.63) is 0 Å². The first kappa shape index (κ1) is 18.6. The molecule has 0 aromatic rings. The zero-order chi connectivity index (χ0) is 16.7. The Morgan fingerprint density at radius 3 is 2.65 bits per heavy atom. The van der Waals surface area contributed by atoms with Gasteiger partial charge < -0.3 is 19.5 Å². The van der Waals surface area contributed by atoms with Crippen LogP contribution in [0.15, 0.2) is 0 Å². The van der Waals surface area contributed by atoms with Crippen molar-refractivity contribution < 1.29 is 19.4 Å². The smallest absolute Gasteiger partial charge is 0.251 e. The molecule has 3 unspecified atom stereocenters. The van der Waals surface area contributed by atoms with Gasteiger partial charge in [0.1, 0.15) is 6.10 Å². The molecule has 1 N–H and O–H groups in total. The number of carbonyl (C=O) groups is 1. The number of ether oxygens (including phenoxy) is 2. The number of amides is 1. The second-order valence-corrected chi connectivity index (χ2v) is 6.65. The molecular formula is C17H32N2O4. The first-order valence-corrected chi connectivity index (χ1v) is 9.02. The molecule has 2 rings (SSSR count). The fraction of sp³-hybridized carbons (Fsp3) is 0.941. The molecule has 0 spiro atoms. The van der Waals surface area contributed by atoms with Crippen LogP contribution < -0.4 is 0 Å². The predicted octanol–water partition coefficient (Wildman–Crippen LogP) is 0.876. The van der Waals surface area contributed by atoms with Gasteiger partial charge in [0, 0.05) is 39.3 Å². The summed E-state index contributed by atoms with van der Waals surface area (Å²) < 4.78 is 11.4. The van der Waals surface area contributed by atoms with Gasteiger partial charge >= 0.3 is 0 Å².